The minimum Gasteiger partial charge on any atom is -0.489 e. The number of nitriles is 1. The third kappa shape index (κ3) is 2.63. The number of rotatable bonds is 3. The Labute approximate surface area is 160 Å². The predicted octanol–water partition coefficient (Wildman–Crippen LogP) is 3.15. The molecule has 0 saturated heterocycles. The van der Waals surface area contributed by atoms with Gasteiger partial charge in [-0.3, -0.25) is 0 Å². The van der Waals surface area contributed by atoms with Crippen molar-refractivity contribution in [3.63, 3.8) is 0 Å². The summed E-state index contributed by atoms with van der Waals surface area (Å²) < 4.78 is 13.6. The van der Waals surface area contributed by atoms with Crippen LogP contribution in [0.3, 0.4) is 0 Å². The molecule has 0 radical (unpaired) electrons. The lowest BCUT2D eigenvalue weighted by molar-refractivity contribution is 0.0831. The number of imidazole rings is 1. The molecule has 0 unspecified atom stereocenters. The second kappa shape index (κ2) is 6.51. The Kier molecular flexibility index (Phi) is 3.85. The zero-order valence-corrected chi connectivity index (χ0v) is 15.1. The molecule has 0 bridgehead atoms. The van der Waals surface area contributed by atoms with Crippen molar-refractivity contribution < 1.29 is 9.47 Å². The summed E-state index contributed by atoms with van der Waals surface area (Å²) in [6.07, 6.45) is 0. The zero-order chi connectivity index (χ0) is 19.1. The van der Waals surface area contributed by atoms with Crippen LogP contribution < -0.4 is 10.5 Å². The number of ether oxygens (including phenoxy) is 2. The molecule has 2 aromatic heterocycles. The number of benzene rings is 2. The molecule has 3 heterocycles. The highest BCUT2D eigenvalue weighted by atomic mass is 16.5. The SMILES string of the molecule is N#Cc1ccccc1COc1ccc2c(c1)nc(N)c1nc3n(c12)CCOC3. The molecule has 1 aliphatic heterocycles. The standard InChI is InChI=1S/C21H17N5O2/c22-10-13-3-1-2-4-14(13)11-28-15-5-6-16-17(9-15)24-21(23)19-20(16)26-7-8-27-12-18(26)25-19/h1-6,9H,7-8,11-12H2,(H2,23,24). The van der Waals surface area contributed by atoms with E-state index in [4.69, 9.17) is 15.2 Å². The summed E-state index contributed by atoms with van der Waals surface area (Å²) >= 11 is 0. The average Bonchev–Trinajstić information content (AvgIpc) is 3.13. The minimum atomic E-state index is 0.312. The van der Waals surface area contributed by atoms with Crippen LogP contribution in [-0.2, 0) is 24.5 Å². The Bertz CT molecular complexity index is 1260. The van der Waals surface area contributed by atoms with Crippen LogP contribution in [0.4, 0.5) is 5.82 Å². The van der Waals surface area contributed by atoms with E-state index in [1.54, 1.807) is 6.07 Å². The molecule has 1 aliphatic rings. The number of aromatic nitrogens is 3. The van der Waals surface area contributed by atoms with Gasteiger partial charge in [-0.05, 0) is 18.2 Å². The third-order valence-electron chi connectivity index (χ3n) is 4.98. The van der Waals surface area contributed by atoms with Crippen molar-refractivity contribution in [3.8, 4) is 11.8 Å². The molecule has 2 N–H and O–H groups in total. The maximum atomic E-state index is 9.22. The van der Waals surface area contributed by atoms with Crippen molar-refractivity contribution in [1.82, 2.24) is 14.5 Å². The zero-order valence-electron chi connectivity index (χ0n) is 15.1. The Balaban J connectivity index is 1.54. The molecule has 0 amide bonds. The van der Waals surface area contributed by atoms with Crippen LogP contribution in [0.15, 0.2) is 42.5 Å². The monoisotopic (exact) mass is 371 g/mol. The van der Waals surface area contributed by atoms with Crippen LogP contribution in [0.5, 0.6) is 5.75 Å². The number of anilines is 1. The van der Waals surface area contributed by atoms with E-state index in [0.717, 1.165) is 34.4 Å². The maximum Gasteiger partial charge on any atom is 0.152 e. The Morgan fingerprint density at radius 3 is 3.00 bits per heavy atom. The number of nitrogen functional groups attached to an aromatic ring is 1. The summed E-state index contributed by atoms with van der Waals surface area (Å²) in [4.78, 5) is 9.13. The molecule has 0 spiro atoms. The first-order chi connectivity index (χ1) is 13.7. The first-order valence-electron chi connectivity index (χ1n) is 9.01. The second-order valence-electron chi connectivity index (χ2n) is 6.66. The molecule has 28 heavy (non-hydrogen) atoms. The molecule has 2 aromatic carbocycles. The van der Waals surface area contributed by atoms with Crippen molar-refractivity contribution in [2.45, 2.75) is 19.8 Å². The van der Waals surface area contributed by atoms with Gasteiger partial charge in [-0.15, -0.1) is 0 Å². The number of nitrogens with two attached hydrogens (primary N) is 1. The van der Waals surface area contributed by atoms with Crippen LogP contribution in [0.1, 0.15) is 17.0 Å². The van der Waals surface area contributed by atoms with Gasteiger partial charge in [-0.25, -0.2) is 9.97 Å². The maximum absolute atomic E-state index is 9.22. The lowest BCUT2D eigenvalue weighted by Gasteiger charge is -2.15. The molecule has 4 aromatic rings. The van der Waals surface area contributed by atoms with Gasteiger partial charge >= 0.3 is 0 Å². The fourth-order valence-corrected chi connectivity index (χ4v) is 3.61. The van der Waals surface area contributed by atoms with Crippen molar-refractivity contribution in [2.24, 2.45) is 0 Å². The number of pyridine rings is 1. The summed E-state index contributed by atoms with van der Waals surface area (Å²) in [5.74, 6) is 1.94. The van der Waals surface area contributed by atoms with E-state index >= 15 is 0 Å². The van der Waals surface area contributed by atoms with Crippen molar-refractivity contribution in [3.05, 3.63) is 59.4 Å². The van der Waals surface area contributed by atoms with Gasteiger partial charge in [-0.2, -0.15) is 5.26 Å². The normalized spacial score (nSPS) is 13.4. The van der Waals surface area contributed by atoms with Gasteiger partial charge in [0.1, 0.15) is 30.3 Å². The summed E-state index contributed by atoms with van der Waals surface area (Å²) in [5, 5.41) is 10.2. The largest absolute Gasteiger partial charge is 0.489 e. The van der Waals surface area contributed by atoms with Crippen LogP contribution in [0, 0.1) is 11.3 Å². The molecular formula is C21H17N5O2. The van der Waals surface area contributed by atoms with Crippen molar-refractivity contribution in [1.29, 1.82) is 5.26 Å². The van der Waals surface area contributed by atoms with Crippen molar-refractivity contribution in [2.75, 3.05) is 12.3 Å². The summed E-state index contributed by atoms with van der Waals surface area (Å²) in [6, 6.07) is 15.4. The van der Waals surface area contributed by atoms with Gasteiger partial charge in [0.05, 0.1) is 29.3 Å². The molecule has 7 nitrogen and oxygen atoms in total. The molecule has 5 rings (SSSR count). The molecule has 0 atom stereocenters. The van der Waals surface area contributed by atoms with Gasteiger partial charge in [0.15, 0.2) is 5.82 Å². The average molecular weight is 371 g/mol. The Morgan fingerprint density at radius 2 is 2.11 bits per heavy atom. The molecular weight excluding hydrogens is 354 g/mol. The minimum absolute atomic E-state index is 0.312. The highest BCUT2D eigenvalue weighted by Crippen LogP contribution is 2.32. The molecule has 7 heteroatoms. The van der Waals surface area contributed by atoms with Gasteiger partial charge in [-0.1, -0.05) is 18.2 Å². The highest BCUT2D eigenvalue weighted by Gasteiger charge is 2.20. The van der Waals surface area contributed by atoms with E-state index in [2.05, 4.69) is 20.6 Å². The summed E-state index contributed by atoms with van der Waals surface area (Å²) in [7, 11) is 0. The van der Waals surface area contributed by atoms with E-state index in [-0.39, 0.29) is 0 Å². The molecule has 0 aliphatic carbocycles. The van der Waals surface area contributed by atoms with Gasteiger partial charge in [0, 0.05) is 23.6 Å². The van der Waals surface area contributed by atoms with E-state index in [1.165, 1.54) is 0 Å². The van der Waals surface area contributed by atoms with Crippen LogP contribution in [0.2, 0.25) is 0 Å². The van der Waals surface area contributed by atoms with Gasteiger partial charge in [0.2, 0.25) is 0 Å². The molecule has 0 fully saturated rings. The fourth-order valence-electron chi connectivity index (χ4n) is 3.61. The topological polar surface area (TPSA) is 99.0 Å². The third-order valence-corrected chi connectivity index (χ3v) is 4.98. The lowest BCUT2D eigenvalue weighted by Crippen LogP contribution is -2.16. The highest BCUT2D eigenvalue weighted by molar-refractivity contribution is 6.06. The smallest absolute Gasteiger partial charge is 0.152 e. The predicted molar refractivity (Wildman–Crippen MR) is 105 cm³/mol. The van der Waals surface area contributed by atoms with Crippen LogP contribution in [0.25, 0.3) is 21.9 Å². The van der Waals surface area contributed by atoms with Crippen molar-refractivity contribution >= 4 is 27.8 Å². The van der Waals surface area contributed by atoms with E-state index < -0.39 is 0 Å². The van der Waals surface area contributed by atoms with E-state index in [1.807, 2.05) is 36.4 Å². The van der Waals surface area contributed by atoms with E-state index in [0.29, 0.717) is 42.5 Å². The second-order valence-corrected chi connectivity index (χ2v) is 6.66. The molecule has 138 valence electrons. The number of hydrogen-bond acceptors (Lipinski definition) is 6. The number of hydrogen-bond donors (Lipinski definition) is 1. The van der Waals surface area contributed by atoms with Gasteiger partial charge in [0.25, 0.3) is 0 Å². The Morgan fingerprint density at radius 1 is 1.21 bits per heavy atom. The van der Waals surface area contributed by atoms with Crippen LogP contribution >= 0.6 is 0 Å². The van der Waals surface area contributed by atoms with Gasteiger partial charge < -0.3 is 19.8 Å². The Hall–Kier alpha value is -3.63. The van der Waals surface area contributed by atoms with Crippen LogP contribution in [-0.4, -0.2) is 21.1 Å². The first kappa shape index (κ1) is 16.5. The van der Waals surface area contributed by atoms with E-state index in [9.17, 15) is 5.26 Å². The first-order valence-corrected chi connectivity index (χ1v) is 9.01. The fraction of sp³-hybridized carbons (Fsp3) is 0.190. The quantitative estimate of drug-likeness (QED) is 0.594. The molecule has 0 saturated carbocycles. The lowest BCUT2D eigenvalue weighted by atomic mass is 10.1. The summed E-state index contributed by atoms with van der Waals surface area (Å²) in [5.41, 5.74) is 10.1. The summed E-state index contributed by atoms with van der Waals surface area (Å²) in [6.45, 7) is 2.19. The number of nitrogens with zero attached hydrogens (tertiary/aromatic N) is 4. The number of fused-ring (bicyclic) bond motifs is 5.